The molecule has 0 aliphatic carbocycles. The summed E-state index contributed by atoms with van der Waals surface area (Å²) in [6, 6.07) is 0. The Bertz CT molecular complexity index is 415. The third kappa shape index (κ3) is 2.64. The molecule has 1 heterocycles. The van der Waals surface area contributed by atoms with Gasteiger partial charge in [0.2, 0.25) is 11.5 Å². The Kier molecular flexibility index (Phi) is 4.37. The minimum atomic E-state index is -1.55. The first kappa shape index (κ1) is 14.1. The van der Waals surface area contributed by atoms with Gasteiger partial charge in [-0.2, -0.15) is 5.90 Å². The molecule has 0 spiro atoms. The van der Waals surface area contributed by atoms with Crippen molar-refractivity contribution in [2.45, 2.75) is 19.1 Å². The lowest BCUT2D eigenvalue weighted by atomic mass is 10.2. The SMILES string of the molecule is CC(=O)C(=O)OC1=C(ON)C(=O)OC1C(O)CO. The van der Waals surface area contributed by atoms with Gasteiger partial charge in [-0.1, -0.05) is 0 Å². The fraction of sp³-hybridized carbons (Fsp3) is 0.444. The lowest BCUT2D eigenvalue weighted by Gasteiger charge is -2.16. The fourth-order valence-electron chi connectivity index (χ4n) is 1.18. The highest BCUT2D eigenvalue weighted by Gasteiger charge is 2.43. The van der Waals surface area contributed by atoms with E-state index in [0.29, 0.717) is 0 Å². The number of aliphatic hydroxyl groups excluding tert-OH is 2. The molecule has 0 amide bonds. The summed E-state index contributed by atoms with van der Waals surface area (Å²) in [5, 5.41) is 18.1. The quantitative estimate of drug-likeness (QED) is 0.277. The predicted octanol–water partition coefficient (Wildman–Crippen LogP) is -2.50. The first-order valence-electron chi connectivity index (χ1n) is 4.75. The smallest absolute Gasteiger partial charge is 0.380 e. The Morgan fingerprint density at radius 2 is 2.17 bits per heavy atom. The number of rotatable bonds is 5. The van der Waals surface area contributed by atoms with Gasteiger partial charge in [-0.05, 0) is 0 Å². The van der Waals surface area contributed by atoms with Crippen molar-refractivity contribution in [3.63, 3.8) is 0 Å². The van der Waals surface area contributed by atoms with E-state index in [1.165, 1.54) is 0 Å². The second kappa shape index (κ2) is 5.58. The van der Waals surface area contributed by atoms with Crippen LogP contribution in [0.15, 0.2) is 11.5 Å². The van der Waals surface area contributed by atoms with E-state index in [9.17, 15) is 19.5 Å². The van der Waals surface area contributed by atoms with Gasteiger partial charge in [0.15, 0.2) is 6.10 Å². The minimum absolute atomic E-state index is 0.552. The molecule has 9 nitrogen and oxygen atoms in total. The number of aliphatic hydroxyl groups is 2. The molecule has 0 radical (unpaired) electrons. The van der Waals surface area contributed by atoms with Crippen molar-refractivity contribution in [2.75, 3.05) is 6.61 Å². The molecular formula is C9H11NO8. The van der Waals surface area contributed by atoms with Gasteiger partial charge in [-0.15, -0.1) is 0 Å². The van der Waals surface area contributed by atoms with E-state index in [0.717, 1.165) is 6.92 Å². The maximum atomic E-state index is 11.2. The number of ether oxygens (including phenoxy) is 2. The van der Waals surface area contributed by atoms with Crippen LogP contribution in [0.4, 0.5) is 0 Å². The van der Waals surface area contributed by atoms with Crippen molar-refractivity contribution >= 4 is 17.7 Å². The van der Waals surface area contributed by atoms with Crippen LogP contribution in [0.2, 0.25) is 0 Å². The third-order valence-electron chi connectivity index (χ3n) is 2.05. The first-order valence-corrected chi connectivity index (χ1v) is 4.75. The molecule has 0 bridgehead atoms. The van der Waals surface area contributed by atoms with Crippen LogP contribution in [0, 0.1) is 0 Å². The second-order valence-corrected chi connectivity index (χ2v) is 3.33. The standard InChI is InChI=1S/C9H11NO8/c1-3(12)8(14)17-6-5(4(13)2-11)16-9(15)7(6)18-10/h4-5,11,13H,2,10H2,1H3. The third-order valence-corrected chi connectivity index (χ3v) is 2.05. The Morgan fingerprint density at radius 3 is 2.61 bits per heavy atom. The molecule has 1 aliphatic rings. The van der Waals surface area contributed by atoms with E-state index >= 15 is 0 Å². The maximum absolute atomic E-state index is 11.2. The van der Waals surface area contributed by atoms with Crippen molar-refractivity contribution < 1.29 is 38.9 Å². The number of Topliss-reactive ketones (excluding diaryl/α,β-unsaturated/α-hetero) is 1. The molecule has 0 aromatic carbocycles. The molecule has 0 saturated carbocycles. The zero-order valence-electron chi connectivity index (χ0n) is 9.28. The summed E-state index contributed by atoms with van der Waals surface area (Å²) in [5.74, 6) is 0.288. The van der Waals surface area contributed by atoms with Gasteiger partial charge >= 0.3 is 11.9 Å². The number of hydrogen-bond donors (Lipinski definition) is 3. The molecule has 2 atom stereocenters. The first-order chi connectivity index (χ1) is 8.42. The zero-order valence-corrected chi connectivity index (χ0v) is 9.28. The number of ketones is 1. The van der Waals surface area contributed by atoms with Gasteiger partial charge < -0.3 is 24.5 Å². The van der Waals surface area contributed by atoms with E-state index in [-0.39, 0.29) is 0 Å². The highest BCUT2D eigenvalue weighted by Crippen LogP contribution is 2.26. The normalized spacial score (nSPS) is 20.4. The van der Waals surface area contributed by atoms with Crippen molar-refractivity contribution in [3.8, 4) is 0 Å². The van der Waals surface area contributed by atoms with E-state index in [4.69, 9.17) is 11.0 Å². The van der Waals surface area contributed by atoms with Gasteiger partial charge in [0.1, 0.15) is 6.10 Å². The monoisotopic (exact) mass is 261 g/mol. The van der Waals surface area contributed by atoms with Crippen LogP contribution < -0.4 is 5.90 Å². The zero-order chi connectivity index (χ0) is 13.9. The molecule has 100 valence electrons. The summed E-state index contributed by atoms with van der Waals surface area (Å²) >= 11 is 0. The molecule has 1 rings (SSSR count). The Balaban J connectivity index is 3.03. The summed E-state index contributed by atoms with van der Waals surface area (Å²) in [6.45, 7) is 0.178. The van der Waals surface area contributed by atoms with Gasteiger partial charge in [0.25, 0.3) is 5.76 Å². The largest absolute Gasteiger partial charge is 0.445 e. The molecule has 0 saturated heterocycles. The summed E-state index contributed by atoms with van der Waals surface area (Å²) in [4.78, 5) is 37.3. The molecule has 9 heteroatoms. The molecule has 2 unspecified atom stereocenters. The van der Waals surface area contributed by atoms with E-state index < -0.39 is 48.1 Å². The highest BCUT2D eigenvalue weighted by atomic mass is 16.7. The van der Waals surface area contributed by atoms with Crippen molar-refractivity contribution in [2.24, 2.45) is 5.90 Å². The van der Waals surface area contributed by atoms with Crippen LogP contribution in [-0.2, 0) is 28.7 Å². The maximum Gasteiger partial charge on any atom is 0.380 e. The Hall–Kier alpha value is -1.97. The average Bonchev–Trinajstić information content (AvgIpc) is 2.64. The molecule has 0 fully saturated rings. The van der Waals surface area contributed by atoms with Crippen LogP contribution in [0.1, 0.15) is 6.92 Å². The lowest BCUT2D eigenvalue weighted by molar-refractivity contribution is -0.154. The number of cyclic esters (lactones) is 1. The number of carbonyl (C=O) groups excluding carboxylic acids is 3. The number of nitrogens with two attached hydrogens (primary N) is 1. The Morgan fingerprint density at radius 1 is 1.56 bits per heavy atom. The fourth-order valence-corrected chi connectivity index (χ4v) is 1.18. The summed E-state index contributed by atoms with van der Waals surface area (Å²) in [7, 11) is 0. The molecule has 0 aromatic rings. The topological polar surface area (TPSA) is 145 Å². The van der Waals surface area contributed by atoms with E-state index in [1.807, 2.05) is 0 Å². The van der Waals surface area contributed by atoms with Gasteiger partial charge in [-0.25, -0.2) is 9.59 Å². The van der Waals surface area contributed by atoms with Gasteiger partial charge in [0, 0.05) is 6.92 Å². The van der Waals surface area contributed by atoms with Crippen molar-refractivity contribution in [1.29, 1.82) is 0 Å². The van der Waals surface area contributed by atoms with Crippen LogP contribution in [-0.4, -0.2) is 46.7 Å². The van der Waals surface area contributed by atoms with Crippen molar-refractivity contribution in [3.05, 3.63) is 11.5 Å². The van der Waals surface area contributed by atoms with Crippen LogP contribution in [0.25, 0.3) is 0 Å². The summed E-state index contributed by atoms with van der Waals surface area (Å²) in [5.41, 5.74) is 0. The van der Waals surface area contributed by atoms with E-state index in [1.54, 1.807) is 0 Å². The van der Waals surface area contributed by atoms with Crippen LogP contribution >= 0.6 is 0 Å². The molecule has 4 N–H and O–H groups in total. The highest BCUT2D eigenvalue weighted by molar-refractivity contribution is 6.32. The van der Waals surface area contributed by atoms with Crippen LogP contribution in [0.3, 0.4) is 0 Å². The summed E-state index contributed by atoms with van der Waals surface area (Å²) in [6.07, 6.45) is -3.01. The van der Waals surface area contributed by atoms with Gasteiger partial charge in [0.05, 0.1) is 6.61 Å². The molecule has 1 aliphatic heterocycles. The van der Waals surface area contributed by atoms with Crippen LogP contribution in [0.5, 0.6) is 0 Å². The number of carbonyl (C=O) groups is 3. The average molecular weight is 261 g/mol. The second-order valence-electron chi connectivity index (χ2n) is 3.33. The lowest BCUT2D eigenvalue weighted by Crippen LogP contribution is -2.33. The number of hydrogen-bond acceptors (Lipinski definition) is 9. The molecule has 18 heavy (non-hydrogen) atoms. The molecular weight excluding hydrogens is 250 g/mol. The van der Waals surface area contributed by atoms with Crippen molar-refractivity contribution in [1.82, 2.24) is 0 Å². The summed E-state index contributed by atoms with van der Waals surface area (Å²) < 4.78 is 9.15. The minimum Gasteiger partial charge on any atom is -0.445 e. The van der Waals surface area contributed by atoms with Gasteiger partial charge in [-0.3, -0.25) is 4.79 Å². The predicted molar refractivity (Wildman–Crippen MR) is 52.0 cm³/mol. The molecule has 0 aromatic heterocycles. The number of esters is 2. The van der Waals surface area contributed by atoms with E-state index in [2.05, 4.69) is 14.3 Å². The Labute approximate surface area is 101 Å².